The summed E-state index contributed by atoms with van der Waals surface area (Å²) in [5.41, 5.74) is 15.8. The molecular formula is C57H37N3. The van der Waals surface area contributed by atoms with E-state index in [1.54, 1.807) is 0 Å². The molecule has 0 amide bonds. The topological polar surface area (TPSA) is 22.8 Å². The predicted octanol–water partition coefficient (Wildman–Crippen LogP) is 15.1. The van der Waals surface area contributed by atoms with E-state index in [1.165, 1.54) is 59.9 Å². The van der Waals surface area contributed by atoms with E-state index >= 15 is 0 Å². The molecule has 0 bridgehead atoms. The van der Waals surface area contributed by atoms with Gasteiger partial charge in [-0.15, -0.1) is 0 Å². The molecule has 0 N–H and O–H groups in total. The van der Waals surface area contributed by atoms with Crippen LogP contribution in [0.1, 0.15) is 0 Å². The van der Waals surface area contributed by atoms with Gasteiger partial charge in [0.25, 0.3) is 0 Å². The van der Waals surface area contributed by atoms with E-state index in [0.29, 0.717) is 0 Å². The number of para-hydroxylation sites is 3. The van der Waals surface area contributed by atoms with Crippen LogP contribution < -0.4 is 0 Å². The highest BCUT2D eigenvalue weighted by atomic mass is 15.0. The molecule has 280 valence electrons. The Hall–Kier alpha value is -8.01. The number of aromatic nitrogens is 3. The van der Waals surface area contributed by atoms with Gasteiger partial charge in [-0.25, -0.2) is 4.98 Å². The molecule has 60 heavy (non-hydrogen) atoms. The monoisotopic (exact) mass is 763 g/mol. The smallest absolute Gasteiger partial charge is 0.0721 e. The van der Waals surface area contributed by atoms with Crippen molar-refractivity contribution < 1.29 is 0 Å². The second kappa shape index (κ2) is 13.8. The van der Waals surface area contributed by atoms with Gasteiger partial charge in [0.2, 0.25) is 0 Å². The van der Waals surface area contributed by atoms with Gasteiger partial charge in [0.15, 0.2) is 0 Å². The summed E-state index contributed by atoms with van der Waals surface area (Å²) in [6.45, 7) is 0. The van der Waals surface area contributed by atoms with Crippen LogP contribution in [0.25, 0.3) is 111 Å². The van der Waals surface area contributed by atoms with Crippen molar-refractivity contribution in [1.29, 1.82) is 0 Å². The summed E-state index contributed by atoms with van der Waals surface area (Å²) in [6.07, 6.45) is 0. The normalized spacial score (nSPS) is 11.7. The maximum atomic E-state index is 5.36. The number of rotatable bonds is 6. The largest absolute Gasteiger partial charge is 0.309 e. The van der Waals surface area contributed by atoms with Gasteiger partial charge < -0.3 is 9.13 Å². The second-order valence-electron chi connectivity index (χ2n) is 15.5. The zero-order valence-corrected chi connectivity index (χ0v) is 32.7. The fraction of sp³-hybridized carbons (Fsp3) is 0. The van der Waals surface area contributed by atoms with Gasteiger partial charge in [-0.3, -0.25) is 0 Å². The van der Waals surface area contributed by atoms with Crippen LogP contribution in [0.2, 0.25) is 0 Å². The number of benzene rings is 9. The van der Waals surface area contributed by atoms with Gasteiger partial charge in [-0.05, 0) is 87.6 Å². The average molecular weight is 764 g/mol. The fourth-order valence-corrected chi connectivity index (χ4v) is 9.44. The summed E-state index contributed by atoms with van der Waals surface area (Å²) in [5, 5.41) is 7.45. The van der Waals surface area contributed by atoms with Crippen molar-refractivity contribution in [3.63, 3.8) is 0 Å². The molecule has 0 aliphatic heterocycles. The Bertz CT molecular complexity index is 3570. The molecule has 12 rings (SSSR count). The van der Waals surface area contributed by atoms with Crippen molar-refractivity contribution in [2.75, 3.05) is 0 Å². The van der Waals surface area contributed by atoms with Crippen molar-refractivity contribution in [2.45, 2.75) is 0 Å². The van der Waals surface area contributed by atoms with Crippen LogP contribution in [0.4, 0.5) is 0 Å². The van der Waals surface area contributed by atoms with Crippen LogP contribution in [0.15, 0.2) is 224 Å². The van der Waals surface area contributed by atoms with Gasteiger partial charge in [-0.1, -0.05) is 170 Å². The van der Waals surface area contributed by atoms with E-state index in [1.807, 2.05) is 0 Å². The molecule has 0 radical (unpaired) electrons. The first-order valence-corrected chi connectivity index (χ1v) is 20.6. The Morgan fingerprint density at radius 1 is 0.300 bits per heavy atom. The number of fused-ring (bicyclic) bond motifs is 8. The first-order chi connectivity index (χ1) is 29.8. The third kappa shape index (κ3) is 5.40. The lowest BCUT2D eigenvalue weighted by atomic mass is 9.93. The lowest BCUT2D eigenvalue weighted by Gasteiger charge is -2.15. The van der Waals surface area contributed by atoms with E-state index in [4.69, 9.17) is 4.98 Å². The summed E-state index contributed by atoms with van der Waals surface area (Å²) < 4.78 is 4.87. The molecule has 12 aromatic rings. The molecule has 0 atom stereocenters. The van der Waals surface area contributed by atoms with Crippen molar-refractivity contribution in [3.8, 4) is 56.1 Å². The second-order valence-corrected chi connectivity index (χ2v) is 15.5. The highest BCUT2D eigenvalue weighted by molar-refractivity contribution is 6.26. The zero-order chi connectivity index (χ0) is 39.6. The van der Waals surface area contributed by atoms with E-state index in [0.717, 1.165) is 50.6 Å². The van der Waals surface area contributed by atoms with Gasteiger partial charge in [0.05, 0.1) is 33.5 Å². The number of hydrogen-bond donors (Lipinski definition) is 0. The lowest BCUT2D eigenvalue weighted by Crippen LogP contribution is -1.96. The number of nitrogens with zero attached hydrogens (tertiary/aromatic N) is 3. The summed E-state index contributed by atoms with van der Waals surface area (Å²) in [6, 6.07) is 80.9. The number of pyridine rings is 1. The maximum Gasteiger partial charge on any atom is 0.0721 e. The van der Waals surface area contributed by atoms with Crippen molar-refractivity contribution in [1.82, 2.24) is 14.1 Å². The van der Waals surface area contributed by atoms with E-state index < -0.39 is 0 Å². The van der Waals surface area contributed by atoms with E-state index in [9.17, 15) is 0 Å². The van der Waals surface area contributed by atoms with Crippen LogP contribution in [0, 0.1) is 0 Å². The molecule has 0 aliphatic carbocycles. The Labute approximate surface area is 347 Å². The van der Waals surface area contributed by atoms with Crippen LogP contribution >= 0.6 is 0 Å². The number of hydrogen-bond acceptors (Lipinski definition) is 1. The molecule has 0 unspecified atom stereocenters. The first kappa shape index (κ1) is 34.1. The summed E-state index contributed by atoms with van der Waals surface area (Å²) in [5.74, 6) is 0. The summed E-state index contributed by atoms with van der Waals surface area (Å²) >= 11 is 0. The minimum atomic E-state index is 0.944. The Morgan fingerprint density at radius 3 is 1.68 bits per heavy atom. The molecule has 0 aliphatic rings. The lowest BCUT2D eigenvalue weighted by molar-refractivity contribution is 1.17. The molecule has 3 aromatic heterocycles. The van der Waals surface area contributed by atoms with Crippen LogP contribution in [0.3, 0.4) is 0 Å². The Morgan fingerprint density at radius 2 is 0.883 bits per heavy atom. The highest BCUT2D eigenvalue weighted by Gasteiger charge is 2.21. The molecule has 0 spiro atoms. The summed E-state index contributed by atoms with van der Waals surface area (Å²) in [7, 11) is 0. The third-order valence-corrected chi connectivity index (χ3v) is 12.1. The van der Waals surface area contributed by atoms with Gasteiger partial charge in [0.1, 0.15) is 0 Å². The van der Waals surface area contributed by atoms with Crippen LogP contribution in [-0.2, 0) is 0 Å². The van der Waals surface area contributed by atoms with Crippen LogP contribution in [-0.4, -0.2) is 14.1 Å². The van der Waals surface area contributed by atoms with E-state index in [2.05, 4.69) is 234 Å². The molecule has 9 aromatic carbocycles. The SMILES string of the molecule is c1ccc(-c2cc(-c3cccc4ccccc34)cc(-c3ccccc3-c3ccc(-n4c5ccccc5c5c4ccc4c6ccccc6n(-c6ccccc6)c45)cc3)n2)cc1. The maximum absolute atomic E-state index is 5.36. The van der Waals surface area contributed by atoms with Gasteiger partial charge >= 0.3 is 0 Å². The van der Waals surface area contributed by atoms with Crippen molar-refractivity contribution in [2.24, 2.45) is 0 Å². The fourth-order valence-electron chi connectivity index (χ4n) is 9.44. The first-order valence-electron chi connectivity index (χ1n) is 20.6. The Kier molecular flexibility index (Phi) is 7.85. The molecule has 0 saturated carbocycles. The highest BCUT2D eigenvalue weighted by Crippen LogP contribution is 2.43. The standard InChI is InChI=1S/C57H37N3/c1-3-17-40(18-4-1)51-36-41(46-27-15-19-38-16-7-8-22-44(38)46)37-52(58-51)47-24-10-9-23-45(47)39-30-32-43(33-31-39)59-54-29-14-12-26-50(54)56-55(59)35-34-49-48-25-11-13-28-53(48)60(57(49)56)42-20-5-2-6-21-42/h1-37H. The molecule has 3 heteroatoms. The van der Waals surface area contributed by atoms with Crippen LogP contribution in [0.5, 0.6) is 0 Å². The third-order valence-electron chi connectivity index (χ3n) is 12.1. The minimum absolute atomic E-state index is 0.944. The van der Waals surface area contributed by atoms with Crippen molar-refractivity contribution in [3.05, 3.63) is 224 Å². The summed E-state index contributed by atoms with van der Waals surface area (Å²) in [4.78, 5) is 5.36. The van der Waals surface area contributed by atoms with Gasteiger partial charge in [-0.2, -0.15) is 0 Å². The van der Waals surface area contributed by atoms with E-state index in [-0.39, 0.29) is 0 Å². The van der Waals surface area contributed by atoms with Crippen molar-refractivity contribution >= 4 is 54.4 Å². The molecular weight excluding hydrogens is 727 g/mol. The average Bonchev–Trinajstić information content (AvgIpc) is 3.85. The molecule has 3 nitrogen and oxygen atoms in total. The minimum Gasteiger partial charge on any atom is -0.309 e. The Balaban J connectivity index is 1.02. The molecule has 3 heterocycles. The zero-order valence-electron chi connectivity index (χ0n) is 32.7. The molecule has 0 fully saturated rings. The quantitative estimate of drug-likeness (QED) is 0.165. The molecule has 0 saturated heterocycles. The van der Waals surface area contributed by atoms with Gasteiger partial charge in [0, 0.05) is 44.0 Å². The predicted molar refractivity (Wildman–Crippen MR) is 252 cm³/mol.